The third kappa shape index (κ3) is 5.33. The summed E-state index contributed by atoms with van der Waals surface area (Å²) in [6.45, 7) is 8.09. The van der Waals surface area contributed by atoms with Crippen LogP contribution in [0.1, 0.15) is 19.4 Å². The second-order valence-electron chi connectivity index (χ2n) is 6.48. The van der Waals surface area contributed by atoms with Gasteiger partial charge in [-0.1, -0.05) is 0 Å². The van der Waals surface area contributed by atoms with Crippen LogP contribution in [0.3, 0.4) is 0 Å². The number of hydrogen-bond donors (Lipinski definition) is 2. The van der Waals surface area contributed by atoms with Crippen molar-refractivity contribution < 1.29 is 9.18 Å². The highest BCUT2D eigenvalue weighted by atomic mass is 127. The normalized spacial score (nSPS) is 15.0. The zero-order chi connectivity index (χ0) is 18.5. The van der Waals surface area contributed by atoms with Gasteiger partial charge in [0.2, 0.25) is 5.91 Å². The lowest BCUT2D eigenvalue weighted by Gasteiger charge is -2.36. The fraction of sp³-hybridized carbons (Fsp3) is 0.474. The van der Waals surface area contributed by atoms with E-state index in [1.54, 1.807) is 19.1 Å². The Morgan fingerprint density at radius 2 is 1.96 bits per heavy atom. The summed E-state index contributed by atoms with van der Waals surface area (Å²) in [5.41, 5.74) is 2.01. The third-order valence-corrected chi connectivity index (χ3v) is 4.73. The molecule has 1 amide bonds. The van der Waals surface area contributed by atoms with Gasteiger partial charge in [-0.05, 0) is 37.1 Å². The summed E-state index contributed by atoms with van der Waals surface area (Å²) in [6.07, 6.45) is 2.67. The van der Waals surface area contributed by atoms with Crippen LogP contribution in [0.2, 0.25) is 0 Å². The van der Waals surface area contributed by atoms with Crippen molar-refractivity contribution in [3.05, 3.63) is 35.8 Å². The number of carbonyl (C=O) groups is 1. The number of amides is 1. The molecule has 2 aromatic rings. The van der Waals surface area contributed by atoms with E-state index in [1.807, 2.05) is 18.0 Å². The smallest absolute Gasteiger partial charge is 0.219 e. The Hall–Kier alpha value is -1.84. The number of H-pyrrole nitrogens is 1. The van der Waals surface area contributed by atoms with Crippen molar-refractivity contribution in [2.75, 3.05) is 39.3 Å². The Balaban J connectivity index is 0.00000261. The maximum Gasteiger partial charge on any atom is 0.219 e. The molecule has 0 spiro atoms. The summed E-state index contributed by atoms with van der Waals surface area (Å²) >= 11 is 0. The van der Waals surface area contributed by atoms with Crippen molar-refractivity contribution in [2.24, 2.45) is 4.99 Å². The quantitative estimate of drug-likeness (QED) is 0.396. The minimum Gasteiger partial charge on any atom is -0.361 e. The maximum absolute atomic E-state index is 13.5. The zero-order valence-corrected chi connectivity index (χ0v) is 18.1. The molecule has 1 saturated heterocycles. The van der Waals surface area contributed by atoms with Crippen molar-refractivity contribution in [3.8, 4) is 0 Å². The van der Waals surface area contributed by atoms with Crippen molar-refractivity contribution in [3.63, 3.8) is 0 Å². The highest BCUT2D eigenvalue weighted by Crippen LogP contribution is 2.19. The number of guanidine groups is 1. The topological polar surface area (TPSA) is 63.7 Å². The molecule has 1 fully saturated rings. The van der Waals surface area contributed by atoms with Crippen LogP contribution in [-0.2, 0) is 11.2 Å². The molecule has 0 bridgehead atoms. The van der Waals surface area contributed by atoms with Crippen LogP contribution in [-0.4, -0.2) is 65.9 Å². The molecule has 1 aliphatic heterocycles. The predicted octanol–water partition coefficient (Wildman–Crippen LogP) is 2.60. The molecule has 8 heteroatoms. The number of nitrogens with zero attached hydrogens (tertiary/aromatic N) is 3. The van der Waals surface area contributed by atoms with Gasteiger partial charge in [0.15, 0.2) is 5.96 Å². The van der Waals surface area contributed by atoms with Crippen molar-refractivity contribution in [1.29, 1.82) is 0 Å². The summed E-state index contributed by atoms with van der Waals surface area (Å²) in [7, 11) is 0. The SMILES string of the molecule is CCNC(=NCCc1c[nH]c2ccc(F)cc12)N1CCN(C(C)=O)CC1.I. The van der Waals surface area contributed by atoms with E-state index in [0.29, 0.717) is 6.54 Å². The van der Waals surface area contributed by atoms with Gasteiger partial charge in [0.25, 0.3) is 0 Å². The predicted molar refractivity (Wildman–Crippen MR) is 117 cm³/mol. The van der Waals surface area contributed by atoms with Gasteiger partial charge in [-0.25, -0.2) is 4.39 Å². The summed E-state index contributed by atoms with van der Waals surface area (Å²) in [5, 5.41) is 4.24. The molecule has 6 nitrogen and oxygen atoms in total. The second-order valence-corrected chi connectivity index (χ2v) is 6.48. The second kappa shape index (κ2) is 9.91. The Kier molecular flexibility index (Phi) is 7.88. The summed E-state index contributed by atoms with van der Waals surface area (Å²) in [5.74, 6) is 0.776. The lowest BCUT2D eigenvalue weighted by molar-refractivity contribution is -0.130. The van der Waals surface area contributed by atoms with E-state index in [9.17, 15) is 9.18 Å². The first-order valence-corrected chi connectivity index (χ1v) is 9.12. The highest BCUT2D eigenvalue weighted by molar-refractivity contribution is 14.0. The molecule has 0 atom stereocenters. The number of fused-ring (bicyclic) bond motifs is 1. The zero-order valence-electron chi connectivity index (χ0n) is 15.8. The fourth-order valence-corrected chi connectivity index (χ4v) is 3.30. The Morgan fingerprint density at radius 1 is 1.26 bits per heavy atom. The number of hydrogen-bond acceptors (Lipinski definition) is 2. The van der Waals surface area contributed by atoms with Gasteiger partial charge in [-0.15, -0.1) is 24.0 Å². The third-order valence-electron chi connectivity index (χ3n) is 4.73. The van der Waals surface area contributed by atoms with Gasteiger partial charge in [0.1, 0.15) is 5.82 Å². The molecule has 1 aromatic carbocycles. The number of aromatic nitrogens is 1. The van der Waals surface area contributed by atoms with Crippen LogP contribution in [0.4, 0.5) is 4.39 Å². The van der Waals surface area contributed by atoms with E-state index in [0.717, 1.165) is 61.6 Å². The number of benzene rings is 1. The summed E-state index contributed by atoms with van der Waals surface area (Å²) in [4.78, 5) is 23.4. The van der Waals surface area contributed by atoms with E-state index in [4.69, 9.17) is 4.99 Å². The van der Waals surface area contributed by atoms with E-state index < -0.39 is 0 Å². The first-order valence-electron chi connectivity index (χ1n) is 9.12. The van der Waals surface area contributed by atoms with Crippen LogP contribution in [0.25, 0.3) is 10.9 Å². The van der Waals surface area contributed by atoms with Gasteiger partial charge >= 0.3 is 0 Å². The molecule has 3 rings (SSSR count). The van der Waals surface area contributed by atoms with Gasteiger partial charge in [-0.3, -0.25) is 9.79 Å². The largest absolute Gasteiger partial charge is 0.361 e. The monoisotopic (exact) mass is 487 g/mol. The first kappa shape index (κ1) is 21.5. The number of nitrogens with one attached hydrogen (secondary N) is 2. The number of piperazine rings is 1. The average molecular weight is 487 g/mol. The molecular weight excluding hydrogens is 460 g/mol. The fourth-order valence-electron chi connectivity index (χ4n) is 3.30. The maximum atomic E-state index is 13.5. The van der Waals surface area contributed by atoms with Crippen molar-refractivity contribution >= 4 is 46.7 Å². The highest BCUT2D eigenvalue weighted by Gasteiger charge is 2.20. The first-order chi connectivity index (χ1) is 12.6. The van der Waals surface area contributed by atoms with Crippen LogP contribution >= 0.6 is 24.0 Å². The molecule has 0 radical (unpaired) electrons. The van der Waals surface area contributed by atoms with E-state index in [2.05, 4.69) is 15.2 Å². The van der Waals surface area contributed by atoms with Gasteiger partial charge < -0.3 is 20.1 Å². The van der Waals surface area contributed by atoms with Crippen LogP contribution in [0.15, 0.2) is 29.4 Å². The molecule has 2 heterocycles. The van der Waals surface area contributed by atoms with Crippen LogP contribution in [0, 0.1) is 5.82 Å². The van der Waals surface area contributed by atoms with Crippen molar-refractivity contribution in [1.82, 2.24) is 20.1 Å². The van der Waals surface area contributed by atoms with E-state index in [1.165, 1.54) is 6.07 Å². The number of aromatic amines is 1. The summed E-state index contributed by atoms with van der Waals surface area (Å²) < 4.78 is 13.5. The number of aliphatic imine (C=N–C) groups is 1. The Morgan fingerprint density at radius 3 is 2.63 bits per heavy atom. The number of rotatable bonds is 4. The minimum absolute atomic E-state index is 0. The van der Waals surface area contributed by atoms with Gasteiger partial charge in [0, 0.05) is 63.3 Å². The van der Waals surface area contributed by atoms with E-state index >= 15 is 0 Å². The standard InChI is InChI=1S/C19H26FN5O.HI/c1-3-21-19(25-10-8-24(9-11-25)14(2)26)22-7-6-15-13-23-18-5-4-16(20)12-17(15)18;/h4-5,12-13,23H,3,6-11H2,1-2H3,(H,21,22);1H. The van der Waals surface area contributed by atoms with Gasteiger partial charge in [0.05, 0.1) is 0 Å². The van der Waals surface area contributed by atoms with Crippen molar-refractivity contribution in [2.45, 2.75) is 20.3 Å². The lowest BCUT2D eigenvalue weighted by Crippen LogP contribution is -2.53. The van der Waals surface area contributed by atoms with E-state index in [-0.39, 0.29) is 35.7 Å². The van der Waals surface area contributed by atoms with Gasteiger partial charge in [-0.2, -0.15) is 0 Å². The minimum atomic E-state index is -0.224. The molecule has 0 aliphatic carbocycles. The molecule has 27 heavy (non-hydrogen) atoms. The number of carbonyl (C=O) groups excluding carboxylic acids is 1. The van der Waals surface area contributed by atoms with Crippen LogP contribution < -0.4 is 5.32 Å². The molecule has 0 unspecified atom stereocenters. The van der Waals surface area contributed by atoms with Crippen LogP contribution in [0.5, 0.6) is 0 Å². The molecule has 1 aromatic heterocycles. The summed E-state index contributed by atoms with van der Waals surface area (Å²) in [6, 6.07) is 4.79. The molecular formula is C19H27FIN5O. The molecule has 1 aliphatic rings. The average Bonchev–Trinajstić information content (AvgIpc) is 3.03. The number of halogens is 2. The Labute approximate surface area is 176 Å². The lowest BCUT2D eigenvalue weighted by atomic mass is 10.1. The molecule has 148 valence electrons. The molecule has 2 N–H and O–H groups in total. The molecule has 0 saturated carbocycles. The Bertz CT molecular complexity index is 798.